The van der Waals surface area contributed by atoms with Crippen LogP contribution in [-0.4, -0.2) is 76.3 Å². The summed E-state index contributed by atoms with van der Waals surface area (Å²) in [4.78, 5) is 44.3. The zero-order valence-corrected chi connectivity index (χ0v) is 25.4. The number of piperazine rings is 1. The zero-order valence-electron chi connectivity index (χ0n) is 25.4. The summed E-state index contributed by atoms with van der Waals surface area (Å²) in [5, 5.41) is 6.01. The van der Waals surface area contributed by atoms with Crippen molar-refractivity contribution >= 4 is 23.4 Å². The van der Waals surface area contributed by atoms with E-state index in [2.05, 4.69) is 39.3 Å². The van der Waals surface area contributed by atoms with Gasteiger partial charge < -0.3 is 29.9 Å². The van der Waals surface area contributed by atoms with Crippen molar-refractivity contribution in [1.29, 1.82) is 0 Å². The number of amides is 3. The summed E-state index contributed by atoms with van der Waals surface area (Å²) in [6, 6.07) is 14.3. The molecular weight excluding hydrogens is 560 g/mol. The third-order valence-electron chi connectivity index (χ3n) is 7.57. The number of carbonyl (C=O) groups is 2. The first-order chi connectivity index (χ1) is 21.4. The number of rotatable bonds is 10. The molecular formula is C32H38N8O4. The number of ether oxygens (including phenoxy) is 2. The molecule has 0 aliphatic carbocycles. The number of imidazole rings is 1. The van der Waals surface area contributed by atoms with Gasteiger partial charge in [-0.1, -0.05) is 38.1 Å². The van der Waals surface area contributed by atoms with E-state index in [4.69, 9.17) is 14.5 Å². The number of carbonyl (C=O) groups excluding carboxylic acids is 2. The molecule has 0 bridgehead atoms. The van der Waals surface area contributed by atoms with Crippen LogP contribution in [0.4, 0.5) is 16.3 Å². The second kappa shape index (κ2) is 13.9. The van der Waals surface area contributed by atoms with Gasteiger partial charge in [0, 0.05) is 62.4 Å². The minimum Gasteiger partial charge on any atom is -0.493 e. The number of para-hydroxylation sites is 1. The van der Waals surface area contributed by atoms with Gasteiger partial charge in [0.1, 0.15) is 12.1 Å². The average Bonchev–Trinajstić information content (AvgIpc) is 3.59. The number of urea groups is 1. The van der Waals surface area contributed by atoms with Crippen molar-refractivity contribution < 1.29 is 19.1 Å². The lowest BCUT2D eigenvalue weighted by atomic mass is 10.0. The molecule has 2 aromatic heterocycles. The highest BCUT2D eigenvalue weighted by molar-refractivity contribution is 5.89. The van der Waals surface area contributed by atoms with Crippen LogP contribution in [0.15, 0.2) is 73.4 Å². The number of hydrogen-bond acceptors (Lipinski definition) is 8. The van der Waals surface area contributed by atoms with Crippen molar-refractivity contribution in [2.24, 2.45) is 0 Å². The third kappa shape index (κ3) is 7.08. The molecule has 44 heavy (non-hydrogen) atoms. The standard InChI is InChI=1S/C32H38N8O4/c1-22(2)26-19-35-31(39-13-12-33-21-39)37-30(26)40-15-14-38(32(42)36-24-8-6-5-7-9-24)20-25(40)17-29(41)34-18-23-10-11-27(43-3)28(16-23)44-4/h5-13,16,19,21-22,25H,14-15,17-18,20H2,1-4H3,(H,34,41)(H,36,42). The van der Waals surface area contributed by atoms with Gasteiger partial charge in [0.25, 0.3) is 0 Å². The van der Waals surface area contributed by atoms with Crippen LogP contribution in [0.2, 0.25) is 0 Å². The van der Waals surface area contributed by atoms with Crippen LogP contribution in [0.3, 0.4) is 0 Å². The van der Waals surface area contributed by atoms with Crippen molar-refractivity contribution in [3.8, 4) is 17.4 Å². The molecule has 5 rings (SSSR count). The van der Waals surface area contributed by atoms with E-state index in [1.807, 2.05) is 54.7 Å². The van der Waals surface area contributed by atoms with Crippen LogP contribution in [0.5, 0.6) is 11.5 Å². The van der Waals surface area contributed by atoms with Gasteiger partial charge in [0.2, 0.25) is 11.9 Å². The number of methoxy groups -OCH3 is 2. The molecule has 1 fully saturated rings. The Morgan fingerprint density at radius 3 is 2.55 bits per heavy atom. The Morgan fingerprint density at radius 1 is 1.05 bits per heavy atom. The Balaban J connectivity index is 1.38. The quantitative estimate of drug-likeness (QED) is 0.278. The smallest absolute Gasteiger partial charge is 0.321 e. The summed E-state index contributed by atoms with van der Waals surface area (Å²) in [6.45, 7) is 5.80. The maximum absolute atomic E-state index is 13.4. The molecule has 1 aliphatic heterocycles. The molecule has 3 heterocycles. The lowest BCUT2D eigenvalue weighted by Crippen LogP contribution is -2.57. The van der Waals surface area contributed by atoms with Crippen molar-refractivity contribution in [1.82, 2.24) is 29.7 Å². The van der Waals surface area contributed by atoms with E-state index in [0.717, 1.165) is 16.9 Å². The highest BCUT2D eigenvalue weighted by atomic mass is 16.5. The molecule has 1 saturated heterocycles. The van der Waals surface area contributed by atoms with Gasteiger partial charge in [-0.15, -0.1) is 0 Å². The van der Waals surface area contributed by atoms with E-state index in [1.165, 1.54) is 0 Å². The molecule has 1 atom stereocenters. The average molecular weight is 599 g/mol. The lowest BCUT2D eigenvalue weighted by Gasteiger charge is -2.42. The lowest BCUT2D eigenvalue weighted by molar-refractivity contribution is -0.121. The molecule has 230 valence electrons. The van der Waals surface area contributed by atoms with Gasteiger partial charge in [-0.05, 0) is 35.7 Å². The van der Waals surface area contributed by atoms with Gasteiger partial charge in [-0.3, -0.25) is 9.36 Å². The Morgan fingerprint density at radius 2 is 1.84 bits per heavy atom. The fraction of sp³-hybridized carbons (Fsp3) is 0.344. The van der Waals surface area contributed by atoms with E-state index in [-0.39, 0.29) is 30.3 Å². The fourth-order valence-electron chi connectivity index (χ4n) is 5.21. The Kier molecular flexibility index (Phi) is 9.58. The van der Waals surface area contributed by atoms with E-state index >= 15 is 0 Å². The van der Waals surface area contributed by atoms with Gasteiger partial charge >= 0.3 is 6.03 Å². The topological polar surface area (TPSA) is 127 Å². The van der Waals surface area contributed by atoms with E-state index in [9.17, 15) is 9.59 Å². The predicted molar refractivity (Wildman–Crippen MR) is 167 cm³/mol. The number of benzene rings is 2. The monoisotopic (exact) mass is 598 g/mol. The summed E-state index contributed by atoms with van der Waals surface area (Å²) >= 11 is 0. The normalized spacial score (nSPS) is 14.8. The number of aromatic nitrogens is 4. The Hall–Kier alpha value is -5.13. The summed E-state index contributed by atoms with van der Waals surface area (Å²) in [5.74, 6) is 2.45. The van der Waals surface area contributed by atoms with Gasteiger partial charge in [0.05, 0.1) is 20.3 Å². The van der Waals surface area contributed by atoms with Crippen LogP contribution < -0.4 is 25.0 Å². The van der Waals surface area contributed by atoms with Gasteiger partial charge in [-0.2, -0.15) is 4.98 Å². The first-order valence-electron chi connectivity index (χ1n) is 14.6. The molecule has 0 saturated carbocycles. The summed E-state index contributed by atoms with van der Waals surface area (Å²) in [7, 11) is 3.16. The van der Waals surface area contributed by atoms with Gasteiger partial charge in [-0.25, -0.2) is 14.8 Å². The second-order valence-electron chi connectivity index (χ2n) is 10.8. The molecule has 1 unspecified atom stereocenters. The number of nitrogens with zero attached hydrogens (tertiary/aromatic N) is 6. The van der Waals surface area contributed by atoms with E-state index < -0.39 is 0 Å². The first kappa shape index (κ1) is 30.3. The molecule has 2 N–H and O–H groups in total. The van der Waals surface area contributed by atoms with Crippen LogP contribution in [0, 0.1) is 0 Å². The highest BCUT2D eigenvalue weighted by Crippen LogP contribution is 2.30. The minimum atomic E-state index is -0.335. The number of nitrogens with one attached hydrogen (secondary N) is 2. The molecule has 1 aliphatic rings. The van der Waals surface area contributed by atoms with Crippen molar-refractivity contribution in [2.45, 2.75) is 38.8 Å². The van der Waals surface area contributed by atoms with Crippen molar-refractivity contribution in [2.75, 3.05) is 44.1 Å². The highest BCUT2D eigenvalue weighted by Gasteiger charge is 2.34. The van der Waals surface area contributed by atoms with Crippen LogP contribution in [-0.2, 0) is 11.3 Å². The summed E-state index contributed by atoms with van der Waals surface area (Å²) < 4.78 is 12.5. The Labute approximate surface area is 257 Å². The van der Waals surface area contributed by atoms with Crippen molar-refractivity contribution in [3.05, 3.63) is 84.6 Å². The van der Waals surface area contributed by atoms with Crippen LogP contribution >= 0.6 is 0 Å². The van der Waals surface area contributed by atoms with Crippen molar-refractivity contribution in [3.63, 3.8) is 0 Å². The zero-order chi connectivity index (χ0) is 31.1. The number of hydrogen-bond donors (Lipinski definition) is 2. The van der Waals surface area contributed by atoms with Crippen LogP contribution in [0.25, 0.3) is 5.95 Å². The molecule has 12 heteroatoms. The van der Waals surface area contributed by atoms with Gasteiger partial charge in [0.15, 0.2) is 11.5 Å². The number of anilines is 2. The molecule has 2 aromatic carbocycles. The Bertz CT molecular complexity index is 1560. The molecule has 0 radical (unpaired) electrons. The second-order valence-corrected chi connectivity index (χ2v) is 10.8. The summed E-state index contributed by atoms with van der Waals surface area (Å²) in [6.07, 6.45) is 7.11. The molecule has 4 aromatic rings. The third-order valence-corrected chi connectivity index (χ3v) is 7.57. The molecule has 0 spiro atoms. The maximum atomic E-state index is 13.4. The molecule has 3 amide bonds. The first-order valence-corrected chi connectivity index (χ1v) is 14.6. The summed E-state index contributed by atoms with van der Waals surface area (Å²) in [5.41, 5.74) is 2.56. The fourth-order valence-corrected chi connectivity index (χ4v) is 5.21. The van der Waals surface area contributed by atoms with Crippen LogP contribution in [0.1, 0.15) is 37.3 Å². The largest absolute Gasteiger partial charge is 0.493 e. The minimum absolute atomic E-state index is 0.140. The molecule has 12 nitrogen and oxygen atoms in total. The SMILES string of the molecule is COc1ccc(CNC(=O)CC2CN(C(=O)Nc3ccccc3)CCN2c2nc(-n3ccnc3)ncc2C(C)C)cc1OC. The van der Waals surface area contributed by atoms with E-state index in [0.29, 0.717) is 49.3 Å². The predicted octanol–water partition coefficient (Wildman–Crippen LogP) is 4.23. The maximum Gasteiger partial charge on any atom is 0.321 e. The van der Waals surface area contributed by atoms with E-state index in [1.54, 1.807) is 42.4 Å².